The number of nitrogens with one attached hydrogen (secondary N) is 2. The molecule has 0 bridgehead atoms. The number of carbonyl (C=O) groups is 1. The lowest BCUT2D eigenvalue weighted by molar-refractivity contribution is 0.102. The molecule has 0 spiro atoms. The van der Waals surface area contributed by atoms with Crippen LogP contribution in [0.5, 0.6) is 0 Å². The summed E-state index contributed by atoms with van der Waals surface area (Å²) in [5, 5.41) is 4.16. The Hall–Kier alpha value is -2.55. The summed E-state index contributed by atoms with van der Waals surface area (Å²) < 4.78 is 0. The van der Waals surface area contributed by atoms with Gasteiger partial charge in [-0.1, -0.05) is 25.1 Å². The fourth-order valence-corrected chi connectivity index (χ4v) is 3.46. The third-order valence-electron chi connectivity index (χ3n) is 4.73. The van der Waals surface area contributed by atoms with E-state index < -0.39 is 0 Å². The van der Waals surface area contributed by atoms with Crippen LogP contribution in [0.25, 0.3) is 10.9 Å². The third-order valence-corrected chi connectivity index (χ3v) is 4.73. The van der Waals surface area contributed by atoms with Gasteiger partial charge in [-0.15, -0.1) is 0 Å². The van der Waals surface area contributed by atoms with E-state index in [9.17, 15) is 4.79 Å². The van der Waals surface area contributed by atoms with Gasteiger partial charge in [0.2, 0.25) is 0 Å². The molecule has 3 nitrogen and oxygen atoms in total. The number of anilines is 1. The van der Waals surface area contributed by atoms with Crippen LogP contribution in [-0.2, 0) is 12.8 Å². The Bertz CT molecular complexity index is 864. The molecule has 1 aromatic heterocycles. The van der Waals surface area contributed by atoms with Crippen LogP contribution in [0.2, 0.25) is 0 Å². The minimum atomic E-state index is -0.0584. The number of hydrogen-bond acceptors (Lipinski definition) is 1. The van der Waals surface area contributed by atoms with E-state index in [1.54, 1.807) is 0 Å². The predicted octanol–water partition coefficient (Wildman–Crippen LogP) is 4.55. The standard InChI is InChI=1S/C20H20N2O/c1-13-7-9-18-16(11-13)17-12-14(8-10-19(17)22-18)20(23)21-15-5-3-2-4-6-15/h2-6,8,10,12-13,22H,7,9,11H2,1H3,(H,21,23). The van der Waals surface area contributed by atoms with Crippen molar-refractivity contribution >= 4 is 22.5 Å². The Morgan fingerprint density at radius 1 is 1.17 bits per heavy atom. The summed E-state index contributed by atoms with van der Waals surface area (Å²) in [7, 11) is 0. The molecule has 1 heterocycles. The van der Waals surface area contributed by atoms with Crippen LogP contribution in [0.3, 0.4) is 0 Å². The molecule has 1 aliphatic rings. The topological polar surface area (TPSA) is 44.9 Å². The summed E-state index contributed by atoms with van der Waals surface area (Å²) in [4.78, 5) is 16.0. The lowest BCUT2D eigenvalue weighted by atomic mass is 9.87. The Balaban J connectivity index is 1.68. The number of hydrogen-bond donors (Lipinski definition) is 2. The fraction of sp³-hybridized carbons (Fsp3) is 0.250. The van der Waals surface area contributed by atoms with E-state index in [-0.39, 0.29) is 5.91 Å². The van der Waals surface area contributed by atoms with Crippen molar-refractivity contribution in [2.75, 3.05) is 5.32 Å². The van der Waals surface area contributed by atoms with E-state index in [0.29, 0.717) is 11.5 Å². The largest absolute Gasteiger partial charge is 0.358 e. The first-order valence-electron chi connectivity index (χ1n) is 8.20. The first-order valence-corrected chi connectivity index (χ1v) is 8.20. The summed E-state index contributed by atoms with van der Waals surface area (Å²) in [5.74, 6) is 0.653. The molecule has 0 fully saturated rings. The lowest BCUT2D eigenvalue weighted by Gasteiger charge is -2.18. The summed E-state index contributed by atoms with van der Waals surface area (Å²) in [6.07, 6.45) is 3.44. The number of carbonyl (C=O) groups excluding carboxylic acids is 1. The molecular formula is C20H20N2O. The molecule has 0 aliphatic heterocycles. The van der Waals surface area contributed by atoms with Gasteiger partial charge in [0.05, 0.1) is 0 Å². The number of rotatable bonds is 2. The molecule has 1 atom stereocenters. The average Bonchev–Trinajstić information content (AvgIpc) is 2.93. The van der Waals surface area contributed by atoms with Gasteiger partial charge in [-0.05, 0) is 61.1 Å². The normalized spacial score (nSPS) is 17.0. The quantitative estimate of drug-likeness (QED) is 0.717. The number of aromatic nitrogens is 1. The second-order valence-corrected chi connectivity index (χ2v) is 6.51. The van der Waals surface area contributed by atoms with E-state index in [2.05, 4.69) is 17.2 Å². The maximum absolute atomic E-state index is 12.5. The molecular weight excluding hydrogens is 284 g/mol. The number of amides is 1. The Morgan fingerprint density at radius 2 is 2.00 bits per heavy atom. The van der Waals surface area contributed by atoms with Crippen LogP contribution in [-0.4, -0.2) is 10.9 Å². The summed E-state index contributed by atoms with van der Waals surface area (Å²) in [6, 6.07) is 15.5. The molecule has 0 saturated heterocycles. The number of para-hydroxylation sites is 1. The van der Waals surface area contributed by atoms with E-state index in [1.165, 1.54) is 23.1 Å². The number of aryl methyl sites for hydroxylation is 1. The molecule has 1 aliphatic carbocycles. The molecule has 2 N–H and O–H groups in total. The van der Waals surface area contributed by atoms with Crippen molar-refractivity contribution in [1.29, 1.82) is 0 Å². The van der Waals surface area contributed by atoms with Gasteiger partial charge in [0.15, 0.2) is 0 Å². The Morgan fingerprint density at radius 3 is 2.83 bits per heavy atom. The van der Waals surface area contributed by atoms with Crippen LogP contribution in [0.4, 0.5) is 5.69 Å². The fourth-order valence-electron chi connectivity index (χ4n) is 3.46. The highest BCUT2D eigenvalue weighted by atomic mass is 16.1. The van der Waals surface area contributed by atoms with E-state index in [0.717, 1.165) is 24.0 Å². The van der Waals surface area contributed by atoms with Gasteiger partial charge >= 0.3 is 0 Å². The number of fused-ring (bicyclic) bond motifs is 3. The van der Waals surface area contributed by atoms with Crippen LogP contribution in [0.1, 0.15) is 35.0 Å². The van der Waals surface area contributed by atoms with E-state index >= 15 is 0 Å². The van der Waals surface area contributed by atoms with Crippen LogP contribution in [0, 0.1) is 5.92 Å². The van der Waals surface area contributed by atoms with Gasteiger partial charge < -0.3 is 10.3 Å². The summed E-state index contributed by atoms with van der Waals surface area (Å²) in [6.45, 7) is 2.30. The Kier molecular flexibility index (Phi) is 3.41. The highest BCUT2D eigenvalue weighted by molar-refractivity contribution is 6.06. The zero-order valence-corrected chi connectivity index (χ0v) is 13.2. The molecule has 1 amide bonds. The van der Waals surface area contributed by atoms with Gasteiger partial charge in [-0.3, -0.25) is 4.79 Å². The zero-order valence-electron chi connectivity index (χ0n) is 13.2. The lowest BCUT2D eigenvalue weighted by Crippen LogP contribution is -2.12. The molecule has 0 saturated carbocycles. The molecule has 4 rings (SSSR count). The number of benzene rings is 2. The van der Waals surface area contributed by atoms with E-state index in [4.69, 9.17) is 0 Å². The molecule has 23 heavy (non-hydrogen) atoms. The SMILES string of the molecule is CC1CCc2[nH]c3ccc(C(=O)Nc4ccccc4)cc3c2C1. The van der Waals surface area contributed by atoms with Crippen LogP contribution < -0.4 is 5.32 Å². The molecule has 116 valence electrons. The second kappa shape index (κ2) is 5.58. The van der Waals surface area contributed by atoms with Gasteiger partial charge in [0.25, 0.3) is 5.91 Å². The summed E-state index contributed by atoms with van der Waals surface area (Å²) in [5.41, 5.74) is 5.41. The third kappa shape index (κ3) is 2.63. The number of H-pyrrole nitrogens is 1. The molecule has 1 unspecified atom stereocenters. The highest BCUT2D eigenvalue weighted by Gasteiger charge is 2.20. The van der Waals surface area contributed by atoms with Crippen molar-refractivity contribution in [2.45, 2.75) is 26.2 Å². The molecule has 2 aromatic carbocycles. The van der Waals surface area contributed by atoms with Gasteiger partial charge in [0.1, 0.15) is 0 Å². The smallest absolute Gasteiger partial charge is 0.255 e. The van der Waals surface area contributed by atoms with Crippen molar-refractivity contribution in [2.24, 2.45) is 5.92 Å². The van der Waals surface area contributed by atoms with Gasteiger partial charge in [-0.2, -0.15) is 0 Å². The summed E-state index contributed by atoms with van der Waals surface area (Å²) >= 11 is 0. The van der Waals surface area contributed by atoms with Crippen molar-refractivity contribution in [3.05, 3.63) is 65.4 Å². The first kappa shape index (κ1) is 14.1. The molecule has 3 heteroatoms. The zero-order chi connectivity index (χ0) is 15.8. The van der Waals surface area contributed by atoms with Crippen LogP contribution in [0.15, 0.2) is 48.5 Å². The minimum absolute atomic E-state index is 0.0584. The first-order chi connectivity index (χ1) is 11.2. The molecule has 3 aromatic rings. The average molecular weight is 304 g/mol. The van der Waals surface area contributed by atoms with Gasteiger partial charge in [0, 0.05) is 27.8 Å². The minimum Gasteiger partial charge on any atom is -0.358 e. The predicted molar refractivity (Wildman–Crippen MR) is 93.9 cm³/mol. The van der Waals surface area contributed by atoms with Crippen molar-refractivity contribution < 1.29 is 4.79 Å². The maximum Gasteiger partial charge on any atom is 0.255 e. The van der Waals surface area contributed by atoms with Crippen molar-refractivity contribution in [1.82, 2.24) is 4.98 Å². The van der Waals surface area contributed by atoms with Crippen molar-refractivity contribution in [3.8, 4) is 0 Å². The highest BCUT2D eigenvalue weighted by Crippen LogP contribution is 2.32. The molecule has 0 radical (unpaired) electrons. The van der Waals surface area contributed by atoms with Crippen molar-refractivity contribution in [3.63, 3.8) is 0 Å². The number of aromatic amines is 1. The van der Waals surface area contributed by atoms with Gasteiger partial charge in [-0.25, -0.2) is 0 Å². The van der Waals surface area contributed by atoms with Crippen LogP contribution >= 0.6 is 0 Å². The second-order valence-electron chi connectivity index (χ2n) is 6.51. The monoisotopic (exact) mass is 304 g/mol. The maximum atomic E-state index is 12.5. The Labute approximate surface area is 135 Å². The van der Waals surface area contributed by atoms with E-state index in [1.807, 2.05) is 48.5 Å².